The molecule has 0 atom stereocenters. The molecule has 1 aliphatic heterocycles. The maximum Gasteiger partial charge on any atom is 0.255 e. The van der Waals surface area contributed by atoms with Crippen LogP contribution in [0.1, 0.15) is 21.5 Å². The lowest BCUT2D eigenvalue weighted by Crippen LogP contribution is -2.49. The van der Waals surface area contributed by atoms with E-state index in [1.165, 1.54) is 16.8 Å². The molecule has 1 saturated heterocycles. The van der Waals surface area contributed by atoms with E-state index in [1.807, 2.05) is 17.0 Å². The van der Waals surface area contributed by atoms with Gasteiger partial charge >= 0.3 is 0 Å². The molecule has 3 nitrogen and oxygen atoms in total. The normalized spacial score (nSPS) is 14.9. The third-order valence-corrected chi connectivity index (χ3v) is 4.76. The zero-order chi connectivity index (χ0) is 16.4. The summed E-state index contributed by atoms with van der Waals surface area (Å²) in [7, 11) is 0. The fraction of sp³-hybridized carbons (Fsp3) is 0.316. The number of nitrogens with zero attached hydrogens (tertiary/aromatic N) is 2. The van der Waals surface area contributed by atoms with Gasteiger partial charge in [-0.3, -0.25) is 4.79 Å². The molecule has 1 heterocycles. The van der Waals surface area contributed by atoms with E-state index in [1.54, 1.807) is 12.1 Å². The Balaban J connectivity index is 1.72. The number of halogens is 1. The van der Waals surface area contributed by atoms with Crippen LogP contribution in [0.5, 0.6) is 0 Å². The van der Waals surface area contributed by atoms with E-state index in [2.05, 4.69) is 36.9 Å². The van der Waals surface area contributed by atoms with Gasteiger partial charge in [-0.15, -0.1) is 0 Å². The summed E-state index contributed by atoms with van der Waals surface area (Å²) in [6, 6.07) is 13.6. The summed E-state index contributed by atoms with van der Waals surface area (Å²) < 4.78 is 0. The van der Waals surface area contributed by atoms with Crippen molar-refractivity contribution < 1.29 is 4.79 Å². The molecule has 1 aliphatic rings. The molecule has 0 aliphatic carbocycles. The Morgan fingerprint density at radius 2 is 1.52 bits per heavy atom. The van der Waals surface area contributed by atoms with E-state index < -0.39 is 0 Å². The highest BCUT2D eigenvalue weighted by Crippen LogP contribution is 2.26. The van der Waals surface area contributed by atoms with Crippen molar-refractivity contribution >= 4 is 23.2 Å². The van der Waals surface area contributed by atoms with E-state index in [-0.39, 0.29) is 5.91 Å². The minimum atomic E-state index is 0.0248. The van der Waals surface area contributed by atoms with Gasteiger partial charge in [0, 0.05) is 31.9 Å². The highest BCUT2D eigenvalue weighted by molar-refractivity contribution is 6.33. The third-order valence-electron chi connectivity index (χ3n) is 4.43. The van der Waals surface area contributed by atoms with Crippen molar-refractivity contribution in [3.05, 3.63) is 64.2 Å². The monoisotopic (exact) mass is 328 g/mol. The summed E-state index contributed by atoms with van der Waals surface area (Å²) in [5, 5.41) is 0.523. The van der Waals surface area contributed by atoms with E-state index in [0.717, 1.165) is 26.2 Å². The summed E-state index contributed by atoms with van der Waals surface area (Å²) in [5.41, 5.74) is 4.47. The summed E-state index contributed by atoms with van der Waals surface area (Å²) in [6.07, 6.45) is 0. The van der Waals surface area contributed by atoms with E-state index in [0.29, 0.717) is 10.6 Å². The third kappa shape index (κ3) is 3.20. The van der Waals surface area contributed by atoms with Gasteiger partial charge in [-0.2, -0.15) is 0 Å². The van der Waals surface area contributed by atoms with Crippen LogP contribution in [0.4, 0.5) is 5.69 Å². The van der Waals surface area contributed by atoms with Gasteiger partial charge in [-0.1, -0.05) is 41.9 Å². The highest BCUT2D eigenvalue weighted by atomic mass is 35.5. The smallest absolute Gasteiger partial charge is 0.255 e. The maximum atomic E-state index is 12.6. The number of carbonyl (C=O) groups is 1. The van der Waals surface area contributed by atoms with Crippen LogP contribution in [0.25, 0.3) is 0 Å². The van der Waals surface area contributed by atoms with Gasteiger partial charge in [0.15, 0.2) is 0 Å². The quantitative estimate of drug-likeness (QED) is 0.834. The molecule has 0 unspecified atom stereocenters. The number of aryl methyl sites for hydroxylation is 2. The molecule has 23 heavy (non-hydrogen) atoms. The standard InChI is InChI=1S/C19H21ClN2O/c1-14-6-5-7-15(2)18(14)21-10-12-22(13-11-21)19(23)16-8-3-4-9-17(16)20/h3-9H,10-13H2,1-2H3. The van der Waals surface area contributed by atoms with Crippen molar-refractivity contribution in [1.29, 1.82) is 0 Å². The first-order valence-electron chi connectivity index (χ1n) is 7.93. The number of carbonyl (C=O) groups excluding carboxylic acids is 1. The van der Waals surface area contributed by atoms with Crippen molar-refractivity contribution in [3.63, 3.8) is 0 Å². The van der Waals surface area contributed by atoms with Crippen LogP contribution in [0, 0.1) is 13.8 Å². The van der Waals surface area contributed by atoms with Crippen molar-refractivity contribution in [2.75, 3.05) is 31.1 Å². The molecule has 120 valence electrons. The molecule has 1 amide bonds. The Morgan fingerprint density at radius 1 is 0.913 bits per heavy atom. The summed E-state index contributed by atoms with van der Waals surface area (Å²) in [4.78, 5) is 16.9. The molecule has 3 rings (SSSR count). The van der Waals surface area contributed by atoms with Crippen molar-refractivity contribution in [2.45, 2.75) is 13.8 Å². The Bertz CT molecular complexity index is 701. The molecule has 0 bridgehead atoms. The van der Waals surface area contributed by atoms with Crippen LogP contribution in [0.3, 0.4) is 0 Å². The first kappa shape index (κ1) is 15.9. The molecule has 0 aromatic heterocycles. The van der Waals surface area contributed by atoms with E-state index >= 15 is 0 Å². The van der Waals surface area contributed by atoms with Crippen molar-refractivity contribution in [1.82, 2.24) is 4.90 Å². The molecule has 0 N–H and O–H groups in total. The average Bonchev–Trinajstić information content (AvgIpc) is 2.55. The van der Waals surface area contributed by atoms with Crippen molar-refractivity contribution in [2.24, 2.45) is 0 Å². The van der Waals surface area contributed by atoms with Crippen LogP contribution < -0.4 is 4.90 Å². The van der Waals surface area contributed by atoms with Crippen LogP contribution in [0.15, 0.2) is 42.5 Å². The molecular formula is C19H21ClN2O. The second-order valence-corrected chi connectivity index (χ2v) is 6.41. The molecule has 0 radical (unpaired) electrons. The summed E-state index contributed by atoms with van der Waals surface area (Å²) >= 11 is 6.15. The lowest BCUT2D eigenvalue weighted by atomic mass is 10.1. The Hall–Kier alpha value is -2.00. The van der Waals surface area contributed by atoms with Gasteiger partial charge in [0.2, 0.25) is 0 Å². The molecule has 0 saturated carbocycles. The van der Waals surface area contributed by atoms with Gasteiger partial charge in [-0.05, 0) is 37.1 Å². The molecule has 2 aromatic carbocycles. The first-order chi connectivity index (χ1) is 11.1. The number of hydrogen-bond acceptors (Lipinski definition) is 2. The molecule has 1 fully saturated rings. The minimum Gasteiger partial charge on any atom is -0.368 e. The van der Waals surface area contributed by atoms with Crippen LogP contribution >= 0.6 is 11.6 Å². The predicted molar refractivity (Wildman–Crippen MR) is 95.5 cm³/mol. The summed E-state index contributed by atoms with van der Waals surface area (Å²) in [6.45, 7) is 7.42. The minimum absolute atomic E-state index is 0.0248. The van der Waals surface area contributed by atoms with Gasteiger partial charge < -0.3 is 9.80 Å². The number of para-hydroxylation sites is 1. The Labute approximate surface area is 142 Å². The lowest BCUT2D eigenvalue weighted by Gasteiger charge is -2.37. The topological polar surface area (TPSA) is 23.6 Å². The van der Waals surface area contributed by atoms with E-state index in [4.69, 9.17) is 11.6 Å². The van der Waals surface area contributed by atoms with Crippen LogP contribution in [-0.2, 0) is 0 Å². The number of piperazine rings is 1. The van der Waals surface area contributed by atoms with Gasteiger partial charge in [-0.25, -0.2) is 0 Å². The first-order valence-corrected chi connectivity index (χ1v) is 8.30. The van der Waals surface area contributed by atoms with Gasteiger partial charge in [0.25, 0.3) is 5.91 Å². The van der Waals surface area contributed by atoms with Crippen LogP contribution in [-0.4, -0.2) is 37.0 Å². The van der Waals surface area contributed by atoms with Gasteiger partial charge in [0.05, 0.1) is 10.6 Å². The van der Waals surface area contributed by atoms with E-state index in [9.17, 15) is 4.79 Å². The largest absolute Gasteiger partial charge is 0.368 e. The lowest BCUT2D eigenvalue weighted by molar-refractivity contribution is 0.0747. The number of rotatable bonds is 2. The predicted octanol–water partition coefficient (Wildman–Crippen LogP) is 3.92. The molecule has 2 aromatic rings. The number of benzene rings is 2. The molecule has 4 heteroatoms. The molecular weight excluding hydrogens is 308 g/mol. The Morgan fingerprint density at radius 3 is 2.13 bits per heavy atom. The zero-order valence-electron chi connectivity index (χ0n) is 13.6. The zero-order valence-corrected chi connectivity index (χ0v) is 14.3. The number of amides is 1. The second kappa shape index (κ2) is 6.63. The SMILES string of the molecule is Cc1cccc(C)c1N1CCN(C(=O)c2ccccc2Cl)CC1. The second-order valence-electron chi connectivity index (χ2n) is 6.00. The average molecular weight is 329 g/mol. The number of hydrogen-bond donors (Lipinski definition) is 0. The van der Waals surface area contributed by atoms with Crippen LogP contribution in [0.2, 0.25) is 5.02 Å². The number of anilines is 1. The fourth-order valence-electron chi connectivity index (χ4n) is 3.24. The summed E-state index contributed by atoms with van der Waals surface area (Å²) in [5.74, 6) is 0.0248. The maximum absolute atomic E-state index is 12.6. The Kier molecular flexibility index (Phi) is 4.58. The van der Waals surface area contributed by atoms with Crippen molar-refractivity contribution in [3.8, 4) is 0 Å². The molecule has 0 spiro atoms. The fourth-order valence-corrected chi connectivity index (χ4v) is 3.46. The van der Waals surface area contributed by atoms with Gasteiger partial charge in [0.1, 0.15) is 0 Å². The highest BCUT2D eigenvalue weighted by Gasteiger charge is 2.24.